The zero-order valence-electron chi connectivity index (χ0n) is 11.0. The van der Waals surface area contributed by atoms with E-state index >= 15 is 0 Å². The SMILES string of the molecule is Cc1nn(-c2ccc(CNC3CC3)nn2)c(C)c1Cl. The molecule has 19 heavy (non-hydrogen) atoms. The first-order valence-corrected chi connectivity index (χ1v) is 6.81. The van der Waals surface area contributed by atoms with Crippen LogP contribution in [0.2, 0.25) is 5.02 Å². The number of aryl methyl sites for hydroxylation is 1. The Hall–Kier alpha value is -1.46. The second kappa shape index (κ2) is 4.90. The van der Waals surface area contributed by atoms with Gasteiger partial charge in [-0.2, -0.15) is 10.2 Å². The van der Waals surface area contributed by atoms with Crippen molar-refractivity contribution in [1.29, 1.82) is 0 Å². The molecule has 1 aliphatic rings. The van der Waals surface area contributed by atoms with Gasteiger partial charge in [-0.3, -0.25) is 0 Å². The normalized spacial score (nSPS) is 14.9. The fourth-order valence-electron chi connectivity index (χ4n) is 1.94. The predicted octanol–water partition coefficient (Wildman–Crippen LogP) is 2.18. The molecule has 0 radical (unpaired) electrons. The zero-order valence-corrected chi connectivity index (χ0v) is 11.8. The highest BCUT2D eigenvalue weighted by molar-refractivity contribution is 6.31. The lowest BCUT2D eigenvalue weighted by atomic mass is 10.3. The molecule has 0 bridgehead atoms. The number of aromatic nitrogens is 4. The van der Waals surface area contributed by atoms with Crippen molar-refractivity contribution in [3.05, 3.63) is 34.2 Å². The van der Waals surface area contributed by atoms with Crippen LogP contribution in [0.5, 0.6) is 0 Å². The van der Waals surface area contributed by atoms with Crippen LogP contribution >= 0.6 is 11.6 Å². The first kappa shape index (κ1) is 12.6. The van der Waals surface area contributed by atoms with Gasteiger partial charge in [0.05, 0.1) is 22.1 Å². The van der Waals surface area contributed by atoms with Gasteiger partial charge < -0.3 is 5.32 Å². The molecule has 0 aliphatic heterocycles. The van der Waals surface area contributed by atoms with E-state index in [2.05, 4.69) is 20.6 Å². The summed E-state index contributed by atoms with van der Waals surface area (Å²) < 4.78 is 1.72. The average molecular weight is 278 g/mol. The lowest BCUT2D eigenvalue weighted by Gasteiger charge is -2.04. The van der Waals surface area contributed by atoms with Crippen LogP contribution in [0.4, 0.5) is 0 Å². The molecule has 6 heteroatoms. The third-order valence-electron chi connectivity index (χ3n) is 3.27. The standard InChI is InChI=1S/C13H16ClN5/c1-8-13(14)9(2)19(18-8)12-6-5-11(16-17-12)7-15-10-3-4-10/h5-6,10,15H,3-4,7H2,1-2H3. The quantitative estimate of drug-likeness (QED) is 0.931. The average Bonchev–Trinajstić information content (AvgIpc) is 3.21. The van der Waals surface area contributed by atoms with E-state index in [0.29, 0.717) is 16.9 Å². The Morgan fingerprint density at radius 2 is 2.11 bits per heavy atom. The molecule has 2 aromatic rings. The number of hydrogen-bond acceptors (Lipinski definition) is 4. The summed E-state index contributed by atoms with van der Waals surface area (Å²) in [6.45, 7) is 4.58. The van der Waals surface area contributed by atoms with Crippen LogP contribution in [0.3, 0.4) is 0 Å². The fourth-order valence-corrected chi connectivity index (χ4v) is 2.06. The van der Waals surface area contributed by atoms with Crippen LogP contribution in [-0.2, 0) is 6.54 Å². The molecule has 0 amide bonds. The molecule has 0 saturated heterocycles. The Morgan fingerprint density at radius 3 is 2.63 bits per heavy atom. The van der Waals surface area contributed by atoms with E-state index in [0.717, 1.165) is 23.6 Å². The van der Waals surface area contributed by atoms with Crippen molar-refractivity contribution in [1.82, 2.24) is 25.3 Å². The predicted molar refractivity (Wildman–Crippen MR) is 73.5 cm³/mol. The van der Waals surface area contributed by atoms with Gasteiger partial charge in [0.15, 0.2) is 5.82 Å². The van der Waals surface area contributed by atoms with Crippen LogP contribution < -0.4 is 5.32 Å². The minimum atomic E-state index is 0.677. The lowest BCUT2D eigenvalue weighted by Crippen LogP contribution is -2.17. The van der Waals surface area contributed by atoms with Crippen LogP contribution in [0.1, 0.15) is 29.9 Å². The van der Waals surface area contributed by atoms with E-state index < -0.39 is 0 Å². The summed E-state index contributed by atoms with van der Waals surface area (Å²) in [7, 11) is 0. The van der Waals surface area contributed by atoms with Crippen molar-refractivity contribution < 1.29 is 0 Å². The molecule has 2 aromatic heterocycles. The van der Waals surface area contributed by atoms with Gasteiger partial charge in [0.2, 0.25) is 0 Å². The van der Waals surface area contributed by atoms with Gasteiger partial charge in [-0.1, -0.05) is 11.6 Å². The number of halogens is 1. The summed E-state index contributed by atoms with van der Waals surface area (Å²) in [5.41, 5.74) is 2.64. The molecule has 0 atom stereocenters. The summed E-state index contributed by atoms with van der Waals surface area (Å²) in [4.78, 5) is 0. The van der Waals surface area contributed by atoms with Gasteiger partial charge in [0, 0.05) is 12.6 Å². The summed E-state index contributed by atoms with van der Waals surface area (Å²) in [6, 6.07) is 4.57. The van der Waals surface area contributed by atoms with Crippen molar-refractivity contribution in [2.45, 2.75) is 39.3 Å². The third kappa shape index (κ3) is 2.62. The fraction of sp³-hybridized carbons (Fsp3) is 0.462. The Labute approximate surface area is 117 Å². The molecule has 1 aliphatic carbocycles. The molecule has 1 fully saturated rings. The highest BCUT2D eigenvalue weighted by atomic mass is 35.5. The van der Waals surface area contributed by atoms with E-state index in [1.165, 1.54) is 12.8 Å². The monoisotopic (exact) mass is 277 g/mol. The van der Waals surface area contributed by atoms with Crippen LogP contribution in [0.15, 0.2) is 12.1 Å². The highest BCUT2D eigenvalue weighted by Gasteiger charge is 2.20. The van der Waals surface area contributed by atoms with Gasteiger partial charge >= 0.3 is 0 Å². The maximum atomic E-state index is 6.13. The van der Waals surface area contributed by atoms with Gasteiger partial charge in [-0.25, -0.2) is 4.68 Å². The topological polar surface area (TPSA) is 55.6 Å². The third-order valence-corrected chi connectivity index (χ3v) is 3.82. The number of rotatable bonds is 4. The van der Waals surface area contributed by atoms with Gasteiger partial charge in [-0.05, 0) is 38.8 Å². The van der Waals surface area contributed by atoms with Crippen LogP contribution in [0.25, 0.3) is 5.82 Å². The Bertz CT molecular complexity index is 586. The first-order valence-electron chi connectivity index (χ1n) is 6.43. The molecule has 0 aromatic carbocycles. The van der Waals surface area contributed by atoms with Gasteiger partial charge in [0.25, 0.3) is 0 Å². The van der Waals surface area contributed by atoms with Crippen molar-refractivity contribution in [3.63, 3.8) is 0 Å². The molecule has 1 saturated carbocycles. The molecule has 0 spiro atoms. The van der Waals surface area contributed by atoms with Crippen molar-refractivity contribution >= 4 is 11.6 Å². The second-order valence-electron chi connectivity index (χ2n) is 4.93. The minimum absolute atomic E-state index is 0.677. The zero-order chi connectivity index (χ0) is 13.4. The lowest BCUT2D eigenvalue weighted by molar-refractivity contribution is 0.660. The largest absolute Gasteiger partial charge is 0.308 e. The van der Waals surface area contributed by atoms with E-state index in [1.807, 2.05) is 26.0 Å². The Balaban J connectivity index is 1.78. The summed E-state index contributed by atoms with van der Waals surface area (Å²) in [6.07, 6.45) is 2.55. The minimum Gasteiger partial charge on any atom is -0.308 e. The Morgan fingerprint density at radius 1 is 1.32 bits per heavy atom. The van der Waals surface area contributed by atoms with Gasteiger partial charge in [-0.15, -0.1) is 5.10 Å². The summed E-state index contributed by atoms with van der Waals surface area (Å²) in [5, 5.41) is 16.9. The summed E-state index contributed by atoms with van der Waals surface area (Å²) >= 11 is 6.13. The highest BCUT2D eigenvalue weighted by Crippen LogP contribution is 2.21. The molecule has 1 N–H and O–H groups in total. The van der Waals surface area contributed by atoms with Crippen LogP contribution in [0, 0.1) is 13.8 Å². The second-order valence-corrected chi connectivity index (χ2v) is 5.31. The van der Waals surface area contributed by atoms with Crippen molar-refractivity contribution in [2.24, 2.45) is 0 Å². The molecule has 100 valence electrons. The van der Waals surface area contributed by atoms with E-state index in [1.54, 1.807) is 4.68 Å². The van der Waals surface area contributed by atoms with E-state index in [-0.39, 0.29) is 0 Å². The van der Waals surface area contributed by atoms with Crippen molar-refractivity contribution in [2.75, 3.05) is 0 Å². The molecule has 0 unspecified atom stereocenters. The maximum absolute atomic E-state index is 6.13. The molecular weight excluding hydrogens is 262 g/mol. The number of nitrogens with one attached hydrogen (secondary N) is 1. The molecule has 3 rings (SSSR count). The molecular formula is C13H16ClN5. The van der Waals surface area contributed by atoms with E-state index in [4.69, 9.17) is 11.6 Å². The molecule has 2 heterocycles. The number of hydrogen-bond donors (Lipinski definition) is 1. The van der Waals surface area contributed by atoms with Crippen molar-refractivity contribution in [3.8, 4) is 5.82 Å². The smallest absolute Gasteiger partial charge is 0.175 e. The first-order chi connectivity index (χ1) is 9.15. The number of nitrogens with zero attached hydrogens (tertiary/aromatic N) is 4. The maximum Gasteiger partial charge on any atom is 0.175 e. The summed E-state index contributed by atoms with van der Waals surface area (Å²) in [5.74, 6) is 0.697. The Kier molecular flexibility index (Phi) is 3.24. The van der Waals surface area contributed by atoms with E-state index in [9.17, 15) is 0 Å². The van der Waals surface area contributed by atoms with Gasteiger partial charge in [0.1, 0.15) is 0 Å². The van der Waals surface area contributed by atoms with Crippen LogP contribution in [-0.4, -0.2) is 26.0 Å². The molecule has 5 nitrogen and oxygen atoms in total.